The van der Waals surface area contributed by atoms with E-state index in [0.717, 1.165) is 17.0 Å². The first kappa shape index (κ1) is 12.0. The fraction of sp³-hybridized carbons (Fsp3) is 0.500. The average Bonchev–Trinajstić information content (AvgIpc) is 2.76. The van der Waals surface area contributed by atoms with E-state index in [-0.39, 0.29) is 26.0 Å². The van der Waals surface area contributed by atoms with Crippen molar-refractivity contribution in [2.75, 3.05) is 32.0 Å². The van der Waals surface area contributed by atoms with Crippen molar-refractivity contribution in [1.29, 1.82) is 0 Å². The highest BCUT2D eigenvalue weighted by Gasteiger charge is 2.20. The second kappa shape index (κ2) is 4.81. The van der Waals surface area contributed by atoms with Gasteiger partial charge in [-0.15, -0.1) is 0 Å². The molecular formula is C12H17NO4. The van der Waals surface area contributed by atoms with Gasteiger partial charge < -0.3 is 24.6 Å². The van der Waals surface area contributed by atoms with Crippen LogP contribution in [0, 0.1) is 6.92 Å². The Morgan fingerprint density at radius 2 is 1.82 bits per heavy atom. The maximum absolute atomic E-state index is 9.18. The van der Waals surface area contributed by atoms with Crippen LogP contribution in [0.25, 0.3) is 0 Å². The monoisotopic (exact) mass is 239 g/mol. The van der Waals surface area contributed by atoms with E-state index in [4.69, 9.17) is 9.47 Å². The summed E-state index contributed by atoms with van der Waals surface area (Å²) in [6, 6.07) is 3.46. The first-order chi connectivity index (χ1) is 8.17. The van der Waals surface area contributed by atoms with E-state index in [1.807, 2.05) is 31.0 Å². The molecule has 1 aromatic carbocycles. The highest BCUT2D eigenvalue weighted by Crippen LogP contribution is 2.38. The highest BCUT2D eigenvalue weighted by molar-refractivity contribution is 5.62. The summed E-state index contributed by atoms with van der Waals surface area (Å²) in [5.41, 5.74) is 1.94. The molecule has 0 saturated heterocycles. The summed E-state index contributed by atoms with van der Waals surface area (Å²) >= 11 is 0. The Labute approximate surface area is 100 Å². The third-order valence-corrected chi connectivity index (χ3v) is 3.04. The van der Waals surface area contributed by atoms with Crippen LogP contribution in [0.4, 0.5) is 5.69 Å². The van der Waals surface area contributed by atoms with Gasteiger partial charge in [0.1, 0.15) is 0 Å². The lowest BCUT2D eigenvalue weighted by atomic mass is 10.1. The van der Waals surface area contributed by atoms with Crippen LogP contribution in [0.2, 0.25) is 0 Å². The van der Waals surface area contributed by atoms with Gasteiger partial charge in [0.05, 0.1) is 19.3 Å². The second-order valence-electron chi connectivity index (χ2n) is 4.12. The van der Waals surface area contributed by atoms with Crippen molar-refractivity contribution in [2.45, 2.75) is 13.0 Å². The number of hydrogen-bond acceptors (Lipinski definition) is 5. The minimum Gasteiger partial charge on any atom is -0.454 e. The van der Waals surface area contributed by atoms with Gasteiger partial charge >= 0.3 is 0 Å². The zero-order valence-corrected chi connectivity index (χ0v) is 10.0. The number of fused-ring (bicyclic) bond motifs is 1. The number of nitrogens with zero attached hydrogens (tertiary/aromatic N) is 1. The van der Waals surface area contributed by atoms with Gasteiger partial charge in [0, 0.05) is 18.8 Å². The summed E-state index contributed by atoms with van der Waals surface area (Å²) in [6.07, 6.45) is 0. The van der Waals surface area contributed by atoms with Crippen LogP contribution >= 0.6 is 0 Å². The standard InChI is InChI=1S/C12H17NO4/c1-8-3-11-12(17-7-16-11)4-10(8)13(2)9(5-14)6-15/h3-4,9,14-15H,5-7H2,1-2H3. The molecule has 1 aliphatic rings. The Morgan fingerprint density at radius 1 is 1.24 bits per heavy atom. The van der Waals surface area contributed by atoms with Crippen LogP contribution in [0.1, 0.15) is 5.56 Å². The van der Waals surface area contributed by atoms with Gasteiger partial charge in [-0.05, 0) is 18.6 Å². The van der Waals surface area contributed by atoms with E-state index in [0.29, 0.717) is 5.75 Å². The smallest absolute Gasteiger partial charge is 0.231 e. The largest absolute Gasteiger partial charge is 0.454 e. The van der Waals surface area contributed by atoms with Crippen molar-refractivity contribution >= 4 is 5.69 Å². The van der Waals surface area contributed by atoms with Gasteiger partial charge in [0.15, 0.2) is 11.5 Å². The number of hydrogen-bond donors (Lipinski definition) is 2. The molecule has 0 amide bonds. The van der Waals surface area contributed by atoms with Crippen LogP contribution in [0.15, 0.2) is 12.1 Å². The topological polar surface area (TPSA) is 62.2 Å². The number of likely N-dealkylation sites (N-methyl/N-ethyl adjacent to an activating group) is 1. The molecule has 17 heavy (non-hydrogen) atoms. The minimum absolute atomic E-state index is 0.0963. The lowest BCUT2D eigenvalue weighted by Gasteiger charge is -2.28. The number of rotatable bonds is 4. The van der Waals surface area contributed by atoms with Gasteiger partial charge in [0.2, 0.25) is 6.79 Å². The van der Waals surface area contributed by atoms with Gasteiger partial charge in [-0.2, -0.15) is 0 Å². The van der Waals surface area contributed by atoms with Crippen molar-refractivity contribution in [3.8, 4) is 11.5 Å². The molecule has 0 aliphatic carbocycles. The van der Waals surface area contributed by atoms with Crippen LogP contribution in [0.5, 0.6) is 11.5 Å². The molecule has 5 nitrogen and oxygen atoms in total. The summed E-state index contributed by atoms with van der Waals surface area (Å²) in [5.74, 6) is 1.44. The molecule has 0 aromatic heterocycles. The summed E-state index contributed by atoms with van der Waals surface area (Å²) in [7, 11) is 1.83. The van der Waals surface area contributed by atoms with E-state index in [9.17, 15) is 10.2 Å². The summed E-state index contributed by atoms with van der Waals surface area (Å²) in [5, 5.41) is 18.4. The lowest BCUT2D eigenvalue weighted by molar-refractivity contribution is 0.174. The molecule has 1 heterocycles. The minimum atomic E-state index is -0.311. The number of benzene rings is 1. The summed E-state index contributed by atoms with van der Waals surface area (Å²) in [6.45, 7) is 2.01. The molecule has 1 aromatic rings. The Kier molecular flexibility index (Phi) is 3.40. The van der Waals surface area contributed by atoms with Gasteiger partial charge in [0.25, 0.3) is 0 Å². The van der Waals surface area contributed by atoms with E-state index in [2.05, 4.69) is 0 Å². The van der Waals surface area contributed by atoms with E-state index < -0.39 is 0 Å². The SMILES string of the molecule is Cc1cc2c(cc1N(C)C(CO)CO)OCO2. The number of aliphatic hydroxyl groups is 2. The van der Waals surface area contributed by atoms with E-state index in [1.165, 1.54) is 0 Å². The van der Waals surface area contributed by atoms with Crippen LogP contribution in [0.3, 0.4) is 0 Å². The van der Waals surface area contributed by atoms with Crippen molar-refractivity contribution in [2.24, 2.45) is 0 Å². The first-order valence-electron chi connectivity index (χ1n) is 5.52. The second-order valence-corrected chi connectivity index (χ2v) is 4.12. The summed E-state index contributed by atoms with van der Waals surface area (Å²) < 4.78 is 10.6. The molecule has 0 spiro atoms. The number of aryl methyl sites for hydroxylation is 1. The molecule has 2 rings (SSSR count). The predicted molar refractivity (Wildman–Crippen MR) is 63.7 cm³/mol. The zero-order chi connectivity index (χ0) is 12.4. The molecule has 0 unspecified atom stereocenters. The van der Waals surface area contributed by atoms with Crippen molar-refractivity contribution in [1.82, 2.24) is 0 Å². The normalized spacial score (nSPS) is 13.2. The third kappa shape index (κ3) is 2.16. The van der Waals surface area contributed by atoms with Gasteiger partial charge in [-0.1, -0.05) is 0 Å². The predicted octanol–water partition coefficient (Wildman–Crippen LogP) is 0.513. The van der Waals surface area contributed by atoms with E-state index >= 15 is 0 Å². The quantitative estimate of drug-likeness (QED) is 0.801. The molecule has 2 N–H and O–H groups in total. The third-order valence-electron chi connectivity index (χ3n) is 3.04. The fourth-order valence-electron chi connectivity index (χ4n) is 1.91. The first-order valence-corrected chi connectivity index (χ1v) is 5.52. The van der Waals surface area contributed by atoms with Crippen molar-refractivity contribution < 1.29 is 19.7 Å². The number of aliphatic hydroxyl groups excluding tert-OH is 2. The molecule has 94 valence electrons. The Bertz CT molecular complexity index is 404. The van der Waals surface area contributed by atoms with Crippen molar-refractivity contribution in [3.63, 3.8) is 0 Å². The highest BCUT2D eigenvalue weighted by atomic mass is 16.7. The molecule has 0 bridgehead atoms. The molecule has 0 saturated carbocycles. The van der Waals surface area contributed by atoms with Crippen LogP contribution in [-0.4, -0.2) is 43.3 Å². The number of ether oxygens (including phenoxy) is 2. The average molecular weight is 239 g/mol. The zero-order valence-electron chi connectivity index (χ0n) is 10.0. The maximum atomic E-state index is 9.18. The van der Waals surface area contributed by atoms with Crippen LogP contribution in [-0.2, 0) is 0 Å². The Balaban J connectivity index is 2.32. The van der Waals surface area contributed by atoms with Crippen molar-refractivity contribution in [3.05, 3.63) is 17.7 Å². The molecule has 0 radical (unpaired) electrons. The Morgan fingerprint density at radius 3 is 2.41 bits per heavy atom. The fourth-order valence-corrected chi connectivity index (χ4v) is 1.91. The van der Waals surface area contributed by atoms with Crippen LogP contribution < -0.4 is 14.4 Å². The summed E-state index contributed by atoms with van der Waals surface area (Å²) in [4.78, 5) is 1.84. The lowest BCUT2D eigenvalue weighted by Crippen LogP contribution is -2.38. The Hall–Kier alpha value is -1.46. The molecule has 1 aliphatic heterocycles. The molecular weight excluding hydrogens is 222 g/mol. The van der Waals surface area contributed by atoms with Gasteiger partial charge in [-0.3, -0.25) is 0 Å². The molecule has 0 atom stereocenters. The molecule has 5 heteroatoms. The number of anilines is 1. The van der Waals surface area contributed by atoms with E-state index in [1.54, 1.807) is 0 Å². The maximum Gasteiger partial charge on any atom is 0.231 e. The van der Waals surface area contributed by atoms with Gasteiger partial charge in [-0.25, -0.2) is 0 Å². The molecule has 0 fully saturated rings.